The first kappa shape index (κ1) is 17.3. The average Bonchev–Trinajstić information content (AvgIpc) is 2.34. The lowest BCUT2D eigenvalue weighted by atomic mass is 10.3. The van der Waals surface area contributed by atoms with Crippen LogP contribution in [0.4, 0.5) is 4.39 Å². The maximum Gasteiger partial charge on any atom is 0.261 e. The molecular formula is C10H13ClFNO5S2. The summed E-state index contributed by atoms with van der Waals surface area (Å²) in [6, 6.07) is 2.31. The summed E-state index contributed by atoms with van der Waals surface area (Å²) in [7, 11) is -1.78. The van der Waals surface area contributed by atoms with Crippen molar-refractivity contribution < 1.29 is 26.0 Å². The van der Waals surface area contributed by atoms with E-state index >= 15 is 0 Å². The summed E-state index contributed by atoms with van der Waals surface area (Å²) in [5.41, 5.74) is 0. The monoisotopic (exact) mass is 345 g/mol. The molecule has 0 saturated carbocycles. The molecular weight excluding hydrogens is 333 g/mol. The van der Waals surface area contributed by atoms with Crippen LogP contribution < -0.4 is 4.72 Å². The molecule has 0 saturated heterocycles. The van der Waals surface area contributed by atoms with E-state index in [9.17, 15) is 21.2 Å². The molecule has 1 rings (SSSR count). The van der Waals surface area contributed by atoms with Crippen molar-refractivity contribution in [3.63, 3.8) is 0 Å². The number of methoxy groups -OCH3 is 1. The zero-order valence-corrected chi connectivity index (χ0v) is 13.0. The smallest absolute Gasteiger partial charge is 0.261 e. The Labute approximate surface area is 121 Å². The van der Waals surface area contributed by atoms with Crippen LogP contribution in [0.1, 0.15) is 6.92 Å². The predicted octanol–water partition coefficient (Wildman–Crippen LogP) is 1.07. The molecule has 6 nitrogen and oxygen atoms in total. The van der Waals surface area contributed by atoms with Gasteiger partial charge in [-0.15, -0.1) is 0 Å². The van der Waals surface area contributed by atoms with Gasteiger partial charge >= 0.3 is 0 Å². The van der Waals surface area contributed by atoms with Gasteiger partial charge < -0.3 is 4.74 Å². The van der Waals surface area contributed by atoms with Crippen LogP contribution in [0, 0.1) is 5.82 Å². The van der Waals surface area contributed by atoms with E-state index < -0.39 is 40.8 Å². The Morgan fingerprint density at radius 1 is 1.35 bits per heavy atom. The van der Waals surface area contributed by atoms with E-state index in [4.69, 9.17) is 15.4 Å². The van der Waals surface area contributed by atoms with E-state index in [0.29, 0.717) is 6.07 Å². The summed E-state index contributed by atoms with van der Waals surface area (Å²) in [6.07, 6.45) is -0.393. The fourth-order valence-corrected chi connectivity index (χ4v) is 3.17. The van der Waals surface area contributed by atoms with Gasteiger partial charge in [0.05, 0.1) is 11.0 Å². The van der Waals surface area contributed by atoms with Crippen LogP contribution in [0.3, 0.4) is 0 Å². The summed E-state index contributed by atoms with van der Waals surface area (Å²) >= 11 is 0. The Hall–Kier alpha value is -0.740. The van der Waals surface area contributed by atoms with Gasteiger partial charge in [0, 0.05) is 24.3 Å². The quantitative estimate of drug-likeness (QED) is 0.779. The minimum Gasteiger partial charge on any atom is -0.380 e. The SMILES string of the molecule is COC(C)CNS(=O)(=O)c1ccc(S(=O)(=O)Cl)cc1F. The molecule has 1 unspecified atom stereocenters. The fraction of sp³-hybridized carbons (Fsp3) is 0.400. The zero-order chi connectivity index (χ0) is 15.6. The van der Waals surface area contributed by atoms with E-state index in [-0.39, 0.29) is 6.54 Å². The van der Waals surface area contributed by atoms with Crippen LogP contribution in [0.25, 0.3) is 0 Å². The molecule has 0 spiro atoms. The maximum absolute atomic E-state index is 13.7. The fourth-order valence-electron chi connectivity index (χ4n) is 1.24. The van der Waals surface area contributed by atoms with Gasteiger partial charge in [-0.05, 0) is 25.1 Å². The van der Waals surface area contributed by atoms with E-state index in [2.05, 4.69) is 4.72 Å². The highest BCUT2D eigenvalue weighted by Gasteiger charge is 2.22. The number of hydrogen-bond donors (Lipinski definition) is 1. The molecule has 20 heavy (non-hydrogen) atoms. The third kappa shape index (κ3) is 4.38. The molecule has 0 aromatic heterocycles. The van der Waals surface area contributed by atoms with Gasteiger partial charge in [0.1, 0.15) is 10.7 Å². The highest BCUT2D eigenvalue weighted by Crippen LogP contribution is 2.21. The van der Waals surface area contributed by atoms with E-state index in [0.717, 1.165) is 12.1 Å². The van der Waals surface area contributed by atoms with E-state index in [1.165, 1.54) is 7.11 Å². The largest absolute Gasteiger partial charge is 0.380 e. The Balaban J connectivity index is 3.08. The number of nitrogens with one attached hydrogen (secondary N) is 1. The molecule has 1 aromatic carbocycles. The van der Waals surface area contributed by atoms with Gasteiger partial charge in [0.2, 0.25) is 10.0 Å². The minimum atomic E-state index is -4.12. The molecule has 1 N–H and O–H groups in total. The molecule has 0 heterocycles. The highest BCUT2D eigenvalue weighted by atomic mass is 35.7. The van der Waals surface area contributed by atoms with Crippen LogP contribution in [0.5, 0.6) is 0 Å². The summed E-state index contributed by atoms with van der Waals surface area (Å²) in [5, 5.41) is 0. The van der Waals surface area contributed by atoms with Crippen molar-refractivity contribution in [3.8, 4) is 0 Å². The second-order valence-corrected chi connectivity index (χ2v) is 8.23. The Morgan fingerprint density at radius 2 is 1.95 bits per heavy atom. The van der Waals surface area contributed by atoms with Crippen LogP contribution in [-0.2, 0) is 23.8 Å². The van der Waals surface area contributed by atoms with Crippen molar-refractivity contribution in [2.75, 3.05) is 13.7 Å². The Kier molecular flexibility index (Phi) is 5.50. The van der Waals surface area contributed by atoms with Gasteiger partial charge in [0.25, 0.3) is 9.05 Å². The molecule has 1 aromatic rings. The van der Waals surface area contributed by atoms with Crippen molar-refractivity contribution in [2.45, 2.75) is 22.8 Å². The van der Waals surface area contributed by atoms with Crippen molar-refractivity contribution in [1.29, 1.82) is 0 Å². The van der Waals surface area contributed by atoms with Crippen LogP contribution in [0.15, 0.2) is 28.0 Å². The van der Waals surface area contributed by atoms with Gasteiger partial charge in [-0.25, -0.2) is 25.9 Å². The minimum absolute atomic E-state index is 0.0478. The molecule has 0 fully saturated rings. The molecule has 0 aliphatic carbocycles. The Morgan fingerprint density at radius 3 is 2.40 bits per heavy atom. The standard InChI is InChI=1S/C10H13ClFNO5S2/c1-7(18-2)6-13-20(16,17)10-4-3-8(5-9(10)12)19(11,14)15/h3-5,7,13H,6H2,1-2H3. The van der Waals surface area contributed by atoms with Crippen molar-refractivity contribution in [1.82, 2.24) is 4.72 Å². The summed E-state index contributed by atoms with van der Waals surface area (Å²) in [4.78, 5) is -1.18. The van der Waals surface area contributed by atoms with Crippen molar-refractivity contribution >= 4 is 29.8 Å². The molecule has 0 bridgehead atoms. The number of halogens is 2. The third-order valence-corrected chi connectivity index (χ3v) is 5.25. The maximum atomic E-state index is 13.7. The van der Waals surface area contributed by atoms with Gasteiger partial charge in [-0.3, -0.25) is 0 Å². The number of ether oxygens (including phenoxy) is 1. The van der Waals surface area contributed by atoms with Crippen LogP contribution in [-0.4, -0.2) is 36.6 Å². The number of benzene rings is 1. The topological polar surface area (TPSA) is 89.5 Å². The molecule has 0 aliphatic heterocycles. The Bertz CT molecular complexity index is 690. The zero-order valence-electron chi connectivity index (χ0n) is 10.6. The first-order valence-corrected chi connectivity index (χ1v) is 9.14. The first-order chi connectivity index (χ1) is 9.08. The van der Waals surface area contributed by atoms with Gasteiger partial charge in [0.15, 0.2) is 0 Å². The van der Waals surface area contributed by atoms with E-state index in [1.807, 2.05) is 0 Å². The van der Waals surface area contributed by atoms with Gasteiger partial charge in [-0.2, -0.15) is 0 Å². The lowest BCUT2D eigenvalue weighted by Crippen LogP contribution is -2.32. The summed E-state index contributed by atoms with van der Waals surface area (Å²) in [6.45, 7) is 1.58. The molecule has 114 valence electrons. The second kappa shape index (κ2) is 6.35. The third-order valence-electron chi connectivity index (χ3n) is 2.44. The summed E-state index contributed by atoms with van der Waals surface area (Å²) < 4.78 is 66.4. The number of rotatable bonds is 6. The number of hydrogen-bond acceptors (Lipinski definition) is 5. The van der Waals surface area contributed by atoms with Crippen LogP contribution in [0.2, 0.25) is 0 Å². The molecule has 0 amide bonds. The first-order valence-electron chi connectivity index (χ1n) is 5.34. The molecule has 0 aliphatic rings. The summed E-state index contributed by atoms with van der Waals surface area (Å²) in [5.74, 6) is -1.20. The number of sulfonamides is 1. The van der Waals surface area contributed by atoms with E-state index in [1.54, 1.807) is 6.92 Å². The second-order valence-electron chi connectivity index (χ2n) is 3.93. The predicted molar refractivity (Wildman–Crippen MR) is 71.1 cm³/mol. The molecule has 0 radical (unpaired) electrons. The normalized spacial score (nSPS) is 14.2. The highest BCUT2D eigenvalue weighted by molar-refractivity contribution is 8.13. The lowest BCUT2D eigenvalue weighted by molar-refractivity contribution is 0.122. The van der Waals surface area contributed by atoms with Crippen molar-refractivity contribution in [3.05, 3.63) is 24.0 Å². The van der Waals surface area contributed by atoms with Gasteiger partial charge in [-0.1, -0.05) is 0 Å². The molecule has 10 heteroatoms. The lowest BCUT2D eigenvalue weighted by Gasteiger charge is -2.12. The molecule has 1 atom stereocenters. The van der Waals surface area contributed by atoms with Crippen LogP contribution >= 0.6 is 10.7 Å². The average molecular weight is 346 g/mol. The van der Waals surface area contributed by atoms with Crippen molar-refractivity contribution in [2.24, 2.45) is 0 Å².